The first-order chi connectivity index (χ1) is 7.72. The molecule has 1 fully saturated rings. The van der Waals surface area contributed by atoms with Gasteiger partial charge in [0.15, 0.2) is 0 Å². The van der Waals surface area contributed by atoms with Crippen molar-refractivity contribution >= 4 is 34.9 Å². The van der Waals surface area contributed by atoms with E-state index in [-0.39, 0.29) is 0 Å². The molecule has 4 atom stereocenters. The molecule has 0 amide bonds. The Morgan fingerprint density at radius 3 is 2.81 bits per heavy atom. The van der Waals surface area contributed by atoms with E-state index in [1.807, 2.05) is 0 Å². The highest BCUT2D eigenvalue weighted by Gasteiger charge is 2.31. The minimum Gasteiger partial charge on any atom is -0.271 e. The molecule has 3 N–H and O–H groups in total. The Bertz CT molecular complexity index is 315. The van der Waals surface area contributed by atoms with Crippen LogP contribution in [-0.2, 0) is 0 Å². The topological polar surface area (TPSA) is 38.0 Å². The fourth-order valence-electron chi connectivity index (χ4n) is 1.85. The van der Waals surface area contributed by atoms with E-state index in [1.165, 1.54) is 11.3 Å². The average molecular weight is 274 g/mol. The predicted molar refractivity (Wildman–Crippen MR) is 77.1 cm³/mol. The van der Waals surface area contributed by atoms with Gasteiger partial charge in [0.1, 0.15) is 0 Å². The zero-order valence-corrected chi connectivity index (χ0v) is 12.0. The molecule has 90 valence electrons. The highest BCUT2D eigenvalue weighted by Crippen LogP contribution is 2.41. The zero-order valence-electron chi connectivity index (χ0n) is 9.55. The second kappa shape index (κ2) is 5.78. The van der Waals surface area contributed by atoms with Crippen LogP contribution in [0.25, 0.3) is 0 Å². The van der Waals surface area contributed by atoms with Crippen molar-refractivity contribution in [2.24, 2.45) is 5.84 Å². The molecular weight excluding hydrogens is 256 g/mol. The summed E-state index contributed by atoms with van der Waals surface area (Å²) in [6, 6.07) is 2.46. The standard InChI is InChI=1S/C11H18N2S3/c1-7-8(2)16-10(6-15-7)11(13-12)9-3-4-14-5-9/h3-5,7-8,10-11,13H,6,12H2,1-2H3. The summed E-state index contributed by atoms with van der Waals surface area (Å²) < 4.78 is 0. The zero-order chi connectivity index (χ0) is 11.5. The van der Waals surface area contributed by atoms with Crippen LogP contribution in [0.5, 0.6) is 0 Å². The molecule has 0 aliphatic carbocycles. The molecule has 0 radical (unpaired) electrons. The van der Waals surface area contributed by atoms with Crippen LogP contribution in [0.3, 0.4) is 0 Å². The molecule has 0 spiro atoms. The molecule has 0 saturated carbocycles. The van der Waals surface area contributed by atoms with Crippen LogP contribution in [0.15, 0.2) is 16.8 Å². The molecule has 1 saturated heterocycles. The maximum atomic E-state index is 5.71. The number of hydrazine groups is 1. The van der Waals surface area contributed by atoms with E-state index in [1.54, 1.807) is 11.3 Å². The van der Waals surface area contributed by atoms with Gasteiger partial charge in [-0.1, -0.05) is 13.8 Å². The van der Waals surface area contributed by atoms with Crippen molar-refractivity contribution < 1.29 is 0 Å². The minimum absolute atomic E-state index is 0.290. The molecule has 2 nitrogen and oxygen atoms in total. The molecule has 2 rings (SSSR count). The lowest BCUT2D eigenvalue weighted by molar-refractivity contribution is 0.551. The van der Waals surface area contributed by atoms with Crippen LogP contribution in [0.2, 0.25) is 0 Å². The van der Waals surface area contributed by atoms with Crippen LogP contribution in [0.1, 0.15) is 25.5 Å². The van der Waals surface area contributed by atoms with Crippen molar-refractivity contribution in [2.45, 2.75) is 35.6 Å². The molecule has 16 heavy (non-hydrogen) atoms. The highest BCUT2D eigenvalue weighted by molar-refractivity contribution is 8.07. The number of thioether (sulfide) groups is 2. The van der Waals surface area contributed by atoms with Crippen LogP contribution >= 0.6 is 34.9 Å². The van der Waals surface area contributed by atoms with E-state index in [0.717, 1.165) is 5.25 Å². The van der Waals surface area contributed by atoms with Gasteiger partial charge in [-0.25, -0.2) is 0 Å². The van der Waals surface area contributed by atoms with Gasteiger partial charge < -0.3 is 0 Å². The fourth-order valence-corrected chi connectivity index (χ4v) is 5.65. The number of hydrogen-bond acceptors (Lipinski definition) is 5. The molecular formula is C11H18N2S3. The van der Waals surface area contributed by atoms with Crippen LogP contribution in [0.4, 0.5) is 0 Å². The van der Waals surface area contributed by atoms with Crippen molar-refractivity contribution in [1.29, 1.82) is 0 Å². The first kappa shape index (κ1) is 12.8. The Hall–Kier alpha value is 0.320. The van der Waals surface area contributed by atoms with E-state index in [0.29, 0.717) is 16.5 Å². The van der Waals surface area contributed by atoms with Gasteiger partial charge in [0.25, 0.3) is 0 Å². The van der Waals surface area contributed by atoms with E-state index in [4.69, 9.17) is 5.84 Å². The number of nitrogens with one attached hydrogen (secondary N) is 1. The maximum absolute atomic E-state index is 5.71. The van der Waals surface area contributed by atoms with Crippen LogP contribution in [0, 0.1) is 0 Å². The summed E-state index contributed by atoms with van der Waals surface area (Å²) in [4.78, 5) is 0. The van der Waals surface area contributed by atoms with Crippen molar-refractivity contribution in [2.75, 3.05) is 5.75 Å². The number of hydrogen-bond donors (Lipinski definition) is 2. The number of thiophene rings is 1. The number of rotatable bonds is 3. The normalized spacial score (nSPS) is 32.6. The van der Waals surface area contributed by atoms with Gasteiger partial charge in [0, 0.05) is 21.5 Å². The summed E-state index contributed by atoms with van der Waals surface area (Å²) in [6.07, 6.45) is 0. The third kappa shape index (κ3) is 2.76. The molecule has 0 bridgehead atoms. The fraction of sp³-hybridized carbons (Fsp3) is 0.636. The summed E-state index contributed by atoms with van der Waals surface area (Å²) in [6.45, 7) is 4.63. The Morgan fingerprint density at radius 2 is 2.25 bits per heavy atom. The van der Waals surface area contributed by atoms with Gasteiger partial charge in [-0.15, -0.1) is 0 Å². The van der Waals surface area contributed by atoms with Crippen molar-refractivity contribution in [3.05, 3.63) is 22.4 Å². The third-order valence-electron chi connectivity index (χ3n) is 3.03. The van der Waals surface area contributed by atoms with E-state index >= 15 is 0 Å². The number of nitrogens with two attached hydrogens (primary N) is 1. The Morgan fingerprint density at radius 1 is 1.44 bits per heavy atom. The smallest absolute Gasteiger partial charge is 0.0594 e. The molecule has 1 aromatic rings. The van der Waals surface area contributed by atoms with Crippen LogP contribution in [-0.4, -0.2) is 21.5 Å². The highest BCUT2D eigenvalue weighted by atomic mass is 32.2. The predicted octanol–water partition coefficient (Wildman–Crippen LogP) is 2.88. The van der Waals surface area contributed by atoms with Crippen molar-refractivity contribution in [3.8, 4) is 0 Å². The van der Waals surface area contributed by atoms with Gasteiger partial charge in [-0.3, -0.25) is 11.3 Å². The lowest BCUT2D eigenvalue weighted by Gasteiger charge is -2.35. The Kier molecular flexibility index (Phi) is 4.61. The van der Waals surface area contributed by atoms with E-state index in [9.17, 15) is 0 Å². The van der Waals surface area contributed by atoms with Gasteiger partial charge in [-0.2, -0.15) is 34.9 Å². The lowest BCUT2D eigenvalue weighted by Crippen LogP contribution is -2.40. The Balaban J connectivity index is 2.05. The van der Waals surface area contributed by atoms with E-state index < -0.39 is 0 Å². The SMILES string of the molecule is CC1SCC(C(NN)c2ccsc2)SC1C. The quantitative estimate of drug-likeness (QED) is 0.656. The largest absolute Gasteiger partial charge is 0.271 e. The average Bonchev–Trinajstić information content (AvgIpc) is 2.78. The summed E-state index contributed by atoms with van der Waals surface area (Å²) >= 11 is 5.87. The maximum Gasteiger partial charge on any atom is 0.0594 e. The molecule has 0 aromatic carbocycles. The van der Waals surface area contributed by atoms with Gasteiger partial charge in [0.2, 0.25) is 0 Å². The van der Waals surface area contributed by atoms with Gasteiger partial charge in [0.05, 0.1) is 6.04 Å². The molecule has 1 aliphatic heterocycles. The van der Waals surface area contributed by atoms with E-state index in [2.05, 4.69) is 59.6 Å². The summed E-state index contributed by atoms with van der Waals surface area (Å²) in [7, 11) is 0. The molecule has 2 heterocycles. The summed E-state index contributed by atoms with van der Waals surface area (Å²) in [5.74, 6) is 6.89. The monoisotopic (exact) mass is 274 g/mol. The van der Waals surface area contributed by atoms with Crippen LogP contribution < -0.4 is 11.3 Å². The molecule has 5 heteroatoms. The third-order valence-corrected chi connectivity index (χ3v) is 7.22. The summed E-state index contributed by atoms with van der Waals surface area (Å²) in [5, 5.41) is 6.35. The minimum atomic E-state index is 0.290. The second-order valence-electron chi connectivity index (χ2n) is 4.12. The first-order valence-corrected chi connectivity index (χ1v) is 8.41. The second-order valence-corrected chi connectivity index (χ2v) is 7.93. The molecule has 1 aromatic heterocycles. The van der Waals surface area contributed by atoms with Gasteiger partial charge in [-0.05, 0) is 22.4 Å². The van der Waals surface area contributed by atoms with Gasteiger partial charge >= 0.3 is 0 Å². The van der Waals surface area contributed by atoms with Crippen molar-refractivity contribution in [1.82, 2.24) is 5.43 Å². The van der Waals surface area contributed by atoms with Crippen molar-refractivity contribution in [3.63, 3.8) is 0 Å². The summed E-state index contributed by atoms with van der Waals surface area (Å²) in [5.41, 5.74) is 4.31. The molecule has 1 aliphatic rings. The lowest BCUT2D eigenvalue weighted by atomic mass is 10.1. The first-order valence-electron chi connectivity index (χ1n) is 5.47. The molecule has 4 unspecified atom stereocenters. The Labute approximate surface area is 110 Å².